The zero-order valence-corrected chi connectivity index (χ0v) is 10.9. The van der Waals surface area contributed by atoms with E-state index in [1.54, 1.807) is 21.0 Å². The molecule has 7 heteroatoms. The Labute approximate surface area is 106 Å². The molecule has 0 spiro atoms. The van der Waals surface area contributed by atoms with Crippen LogP contribution in [0.5, 0.6) is 0 Å². The Morgan fingerprint density at radius 3 is 2.28 bits per heavy atom. The molecule has 0 aromatic rings. The number of ether oxygens (including phenoxy) is 2. The number of methoxy groups -OCH3 is 1. The second-order valence-electron chi connectivity index (χ2n) is 3.73. The van der Waals surface area contributed by atoms with Crippen molar-refractivity contribution in [3.8, 4) is 0 Å². The van der Waals surface area contributed by atoms with Crippen LogP contribution in [0.4, 0.5) is 4.79 Å². The van der Waals surface area contributed by atoms with Gasteiger partial charge in [-0.1, -0.05) is 0 Å². The van der Waals surface area contributed by atoms with E-state index in [1.807, 2.05) is 0 Å². The zero-order valence-electron chi connectivity index (χ0n) is 10.9. The Morgan fingerprint density at radius 2 is 1.78 bits per heavy atom. The number of urea groups is 1. The van der Waals surface area contributed by atoms with Crippen molar-refractivity contribution in [1.82, 2.24) is 10.2 Å². The number of carbonyl (C=O) groups excluding carboxylic acids is 3. The minimum absolute atomic E-state index is 0.0178. The largest absolute Gasteiger partial charge is 0.466 e. The Kier molecular flexibility index (Phi) is 7.18. The second-order valence-corrected chi connectivity index (χ2v) is 3.73. The first-order valence-corrected chi connectivity index (χ1v) is 5.27. The number of nitrogens with one attached hydrogen (secondary N) is 1. The number of esters is 2. The van der Waals surface area contributed by atoms with Crippen LogP contribution in [0.3, 0.4) is 0 Å². The lowest BCUT2D eigenvalue weighted by atomic mass is 10.4. The predicted molar refractivity (Wildman–Crippen MR) is 63.8 cm³/mol. The topological polar surface area (TPSA) is 84.9 Å². The van der Waals surface area contributed by atoms with E-state index in [0.717, 1.165) is 12.2 Å². The van der Waals surface area contributed by atoms with Crippen LogP contribution >= 0.6 is 0 Å². The lowest BCUT2D eigenvalue weighted by Gasteiger charge is -2.17. The maximum absolute atomic E-state index is 11.3. The molecular formula is C11H18N2O5. The van der Waals surface area contributed by atoms with Crippen LogP contribution in [-0.2, 0) is 19.1 Å². The van der Waals surface area contributed by atoms with E-state index < -0.39 is 11.9 Å². The van der Waals surface area contributed by atoms with Gasteiger partial charge in [0.25, 0.3) is 0 Å². The first-order valence-electron chi connectivity index (χ1n) is 5.27. The number of amides is 2. The summed E-state index contributed by atoms with van der Waals surface area (Å²) in [4.78, 5) is 34.5. The summed E-state index contributed by atoms with van der Waals surface area (Å²) in [6.07, 6.45) is 1.93. The molecule has 0 rings (SSSR count). The molecule has 0 bridgehead atoms. The van der Waals surface area contributed by atoms with Crippen molar-refractivity contribution in [3.63, 3.8) is 0 Å². The SMILES string of the molecule is COC(=O)/C=C/C(=O)OC[C@@H](C)NC(=O)N(C)C. The predicted octanol–water partition coefficient (Wildman–Crippen LogP) is -0.0815. The molecule has 0 heterocycles. The Balaban J connectivity index is 3.95. The molecule has 0 radical (unpaired) electrons. The molecule has 1 atom stereocenters. The number of nitrogens with zero attached hydrogens (tertiary/aromatic N) is 1. The van der Waals surface area contributed by atoms with Crippen molar-refractivity contribution in [1.29, 1.82) is 0 Å². The van der Waals surface area contributed by atoms with Gasteiger partial charge in [0.2, 0.25) is 0 Å². The number of hydrogen-bond donors (Lipinski definition) is 1. The molecule has 0 aliphatic rings. The van der Waals surface area contributed by atoms with Crippen LogP contribution in [0.1, 0.15) is 6.92 Å². The molecule has 0 saturated heterocycles. The van der Waals surface area contributed by atoms with Gasteiger partial charge in [0.05, 0.1) is 13.2 Å². The van der Waals surface area contributed by atoms with Crippen molar-refractivity contribution in [2.45, 2.75) is 13.0 Å². The van der Waals surface area contributed by atoms with Crippen molar-refractivity contribution < 1.29 is 23.9 Å². The zero-order chi connectivity index (χ0) is 14.1. The van der Waals surface area contributed by atoms with E-state index >= 15 is 0 Å². The molecule has 0 fully saturated rings. The average molecular weight is 258 g/mol. The fourth-order valence-electron chi connectivity index (χ4n) is 0.841. The van der Waals surface area contributed by atoms with Gasteiger partial charge >= 0.3 is 18.0 Å². The second kappa shape index (κ2) is 8.10. The van der Waals surface area contributed by atoms with E-state index in [1.165, 1.54) is 12.0 Å². The highest BCUT2D eigenvalue weighted by molar-refractivity contribution is 5.91. The quantitative estimate of drug-likeness (QED) is 0.550. The van der Waals surface area contributed by atoms with Crippen molar-refractivity contribution in [2.75, 3.05) is 27.8 Å². The maximum Gasteiger partial charge on any atom is 0.331 e. The first-order chi connectivity index (χ1) is 8.36. The van der Waals surface area contributed by atoms with E-state index in [-0.39, 0.29) is 18.7 Å². The van der Waals surface area contributed by atoms with Crippen LogP contribution in [-0.4, -0.2) is 56.7 Å². The molecule has 102 valence electrons. The van der Waals surface area contributed by atoms with Crippen LogP contribution in [0.15, 0.2) is 12.2 Å². The maximum atomic E-state index is 11.3. The normalized spacial score (nSPS) is 11.8. The Bertz CT molecular complexity index is 338. The summed E-state index contributed by atoms with van der Waals surface area (Å²) in [6, 6.07) is -0.598. The monoisotopic (exact) mass is 258 g/mol. The molecule has 2 amide bonds. The van der Waals surface area contributed by atoms with E-state index in [0.29, 0.717) is 0 Å². The van der Waals surface area contributed by atoms with Gasteiger partial charge in [-0.2, -0.15) is 0 Å². The highest BCUT2D eigenvalue weighted by Crippen LogP contribution is 1.90. The molecule has 1 N–H and O–H groups in total. The van der Waals surface area contributed by atoms with Gasteiger partial charge in [0.15, 0.2) is 0 Å². The molecule has 0 saturated carbocycles. The van der Waals surface area contributed by atoms with Crippen molar-refractivity contribution >= 4 is 18.0 Å². The average Bonchev–Trinajstić information content (AvgIpc) is 2.32. The summed E-state index contributed by atoms with van der Waals surface area (Å²) in [7, 11) is 4.41. The molecular weight excluding hydrogens is 240 g/mol. The molecule has 18 heavy (non-hydrogen) atoms. The van der Waals surface area contributed by atoms with Crippen LogP contribution in [0.2, 0.25) is 0 Å². The van der Waals surface area contributed by atoms with Gasteiger partial charge in [0, 0.05) is 26.2 Å². The smallest absolute Gasteiger partial charge is 0.331 e. The third kappa shape index (κ3) is 7.26. The minimum Gasteiger partial charge on any atom is -0.466 e. The Morgan fingerprint density at radius 1 is 1.22 bits per heavy atom. The van der Waals surface area contributed by atoms with Gasteiger partial charge in [-0.05, 0) is 6.92 Å². The molecule has 0 unspecified atom stereocenters. The summed E-state index contributed by atoms with van der Waals surface area (Å²) >= 11 is 0. The van der Waals surface area contributed by atoms with Gasteiger partial charge < -0.3 is 19.7 Å². The van der Waals surface area contributed by atoms with Gasteiger partial charge in [-0.15, -0.1) is 0 Å². The summed E-state index contributed by atoms with van der Waals surface area (Å²) in [5.74, 6) is -1.31. The molecule has 7 nitrogen and oxygen atoms in total. The fourth-order valence-corrected chi connectivity index (χ4v) is 0.841. The number of carbonyl (C=O) groups is 3. The minimum atomic E-state index is -0.675. The van der Waals surface area contributed by atoms with Crippen molar-refractivity contribution in [3.05, 3.63) is 12.2 Å². The van der Waals surface area contributed by atoms with Crippen LogP contribution in [0.25, 0.3) is 0 Å². The summed E-state index contributed by atoms with van der Waals surface area (Å²) in [6.45, 7) is 1.71. The van der Waals surface area contributed by atoms with Gasteiger partial charge in [-0.25, -0.2) is 14.4 Å². The molecule has 0 aliphatic heterocycles. The third-order valence-corrected chi connectivity index (χ3v) is 1.81. The highest BCUT2D eigenvalue weighted by Gasteiger charge is 2.10. The van der Waals surface area contributed by atoms with Gasteiger partial charge in [0.1, 0.15) is 6.61 Å². The molecule has 0 aromatic carbocycles. The highest BCUT2D eigenvalue weighted by atomic mass is 16.5. The summed E-state index contributed by atoms with van der Waals surface area (Å²) in [5, 5.41) is 2.60. The van der Waals surface area contributed by atoms with Gasteiger partial charge in [-0.3, -0.25) is 0 Å². The summed E-state index contributed by atoms with van der Waals surface area (Å²) < 4.78 is 9.12. The van der Waals surface area contributed by atoms with E-state index in [9.17, 15) is 14.4 Å². The van der Waals surface area contributed by atoms with Crippen LogP contribution < -0.4 is 5.32 Å². The summed E-state index contributed by atoms with van der Waals surface area (Å²) in [5.41, 5.74) is 0. The number of rotatable bonds is 5. The van der Waals surface area contributed by atoms with Crippen LogP contribution in [0, 0.1) is 0 Å². The lowest BCUT2D eigenvalue weighted by molar-refractivity contribution is -0.139. The fraction of sp³-hybridized carbons (Fsp3) is 0.545. The standard InChI is InChI=1S/C11H18N2O5/c1-8(12-11(16)13(2)3)7-18-10(15)6-5-9(14)17-4/h5-6,8H,7H2,1-4H3,(H,12,16)/b6-5+/t8-/m1/s1. The lowest BCUT2D eigenvalue weighted by Crippen LogP contribution is -2.42. The van der Waals surface area contributed by atoms with E-state index in [4.69, 9.17) is 4.74 Å². The third-order valence-electron chi connectivity index (χ3n) is 1.81. The molecule has 0 aromatic heterocycles. The number of hydrogen-bond acceptors (Lipinski definition) is 5. The van der Waals surface area contributed by atoms with E-state index in [2.05, 4.69) is 10.1 Å². The molecule has 0 aliphatic carbocycles. The first kappa shape index (κ1) is 16.0. The Hall–Kier alpha value is -2.05. The van der Waals surface area contributed by atoms with Crippen molar-refractivity contribution in [2.24, 2.45) is 0 Å².